The minimum Gasteiger partial charge on any atom is -0.298 e. The largest absolute Gasteiger partial charge is 0.298 e. The molecule has 0 amide bonds. The molecule has 290 valence electrons. The van der Waals surface area contributed by atoms with Gasteiger partial charge in [0, 0.05) is 28.6 Å². The van der Waals surface area contributed by atoms with Crippen molar-refractivity contribution >= 4 is 38.5 Å². The van der Waals surface area contributed by atoms with Gasteiger partial charge >= 0.3 is 0 Å². The molecule has 0 aliphatic carbocycles. The highest BCUT2D eigenvalue weighted by Gasteiger charge is 2.22. The maximum atomic E-state index is 5.47. The predicted octanol–water partition coefficient (Wildman–Crippen LogP) is 15.0. The topological polar surface area (TPSA) is 35.1 Å². The molecular formula is C58H38N4. The summed E-state index contributed by atoms with van der Waals surface area (Å²) in [4.78, 5) is 10.6. The van der Waals surface area contributed by atoms with Gasteiger partial charge in [0.25, 0.3) is 0 Å². The minimum absolute atomic E-state index is 0.900. The van der Waals surface area contributed by atoms with Crippen molar-refractivity contribution in [1.82, 2.24) is 18.9 Å². The lowest BCUT2D eigenvalue weighted by Gasteiger charge is -2.16. The first kappa shape index (κ1) is 35.6. The van der Waals surface area contributed by atoms with Crippen LogP contribution in [0, 0.1) is 0 Å². The zero-order chi connectivity index (χ0) is 41.0. The first-order valence-electron chi connectivity index (χ1n) is 21.1. The van der Waals surface area contributed by atoms with Crippen molar-refractivity contribution in [2.75, 3.05) is 0 Å². The average Bonchev–Trinajstić information content (AvgIpc) is 3.93. The maximum Gasteiger partial charge on any atom is 0.145 e. The van der Waals surface area contributed by atoms with Crippen LogP contribution in [0.4, 0.5) is 0 Å². The number of imidazole rings is 2. The van der Waals surface area contributed by atoms with Crippen LogP contribution >= 0.6 is 0 Å². The van der Waals surface area contributed by atoms with Gasteiger partial charge in [0.15, 0.2) is 0 Å². The SMILES string of the molecule is c1ccc(-c2ccc(-c3c4ccccc4c(-c4ccc(-c5ccccc5)cc4)c4c3nc3ccc(-c5ccc(-c6nc7ccccc7n6-c6ccccc6)cc5)cn34)cc2)cc1. The summed E-state index contributed by atoms with van der Waals surface area (Å²) >= 11 is 0. The van der Waals surface area contributed by atoms with Gasteiger partial charge in [-0.1, -0.05) is 188 Å². The number of nitrogens with zero attached hydrogens (tertiary/aromatic N) is 4. The lowest BCUT2D eigenvalue weighted by atomic mass is 9.89. The molecule has 0 atom stereocenters. The Morgan fingerprint density at radius 1 is 0.323 bits per heavy atom. The molecule has 4 nitrogen and oxygen atoms in total. The van der Waals surface area contributed by atoms with Gasteiger partial charge in [-0.05, 0) is 91.7 Å². The lowest BCUT2D eigenvalue weighted by molar-refractivity contribution is 1.10. The number of fused-ring (bicyclic) bond motifs is 5. The highest BCUT2D eigenvalue weighted by molar-refractivity contribution is 6.20. The van der Waals surface area contributed by atoms with Crippen molar-refractivity contribution in [2.24, 2.45) is 0 Å². The summed E-state index contributed by atoms with van der Waals surface area (Å²) < 4.78 is 4.56. The van der Waals surface area contributed by atoms with Crippen molar-refractivity contribution in [3.05, 3.63) is 231 Å². The molecule has 12 rings (SSSR count). The predicted molar refractivity (Wildman–Crippen MR) is 257 cm³/mol. The molecule has 0 radical (unpaired) electrons. The molecule has 0 aliphatic rings. The Morgan fingerprint density at radius 2 is 0.774 bits per heavy atom. The summed E-state index contributed by atoms with van der Waals surface area (Å²) in [5.41, 5.74) is 18.7. The van der Waals surface area contributed by atoms with Gasteiger partial charge in [0.05, 0.1) is 22.1 Å². The van der Waals surface area contributed by atoms with Crippen molar-refractivity contribution in [2.45, 2.75) is 0 Å². The van der Waals surface area contributed by atoms with Crippen LogP contribution in [0.1, 0.15) is 0 Å². The van der Waals surface area contributed by atoms with Gasteiger partial charge in [-0.25, -0.2) is 9.97 Å². The molecule has 4 heteroatoms. The van der Waals surface area contributed by atoms with E-state index in [2.05, 4.69) is 234 Å². The van der Waals surface area contributed by atoms with E-state index in [0.29, 0.717) is 0 Å². The fourth-order valence-corrected chi connectivity index (χ4v) is 9.18. The summed E-state index contributed by atoms with van der Waals surface area (Å²) in [6.45, 7) is 0. The fraction of sp³-hybridized carbons (Fsp3) is 0. The molecular weight excluding hydrogens is 753 g/mol. The Kier molecular flexibility index (Phi) is 8.46. The van der Waals surface area contributed by atoms with Gasteiger partial charge in [-0.3, -0.25) is 8.97 Å². The number of para-hydroxylation sites is 3. The number of hydrogen-bond donors (Lipinski definition) is 0. The third-order valence-corrected chi connectivity index (χ3v) is 12.2. The monoisotopic (exact) mass is 790 g/mol. The van der Waals surface area contributed by atoms with Crippen LogP contribution in [-0.2, 0) is 0 Å². The zero-order valence-electron chi connectivity index (χ0n) is 33.7. The molecule has 3 heterocycles. The Labute approximate surface area is 359 Å². The van der Waals surface area contributed by atoms with Gasteiger partial charge in [0.2, 0.25) is 0 Å². The molecule has 12 aromatic rings. The molecule has 0 bridgehead atoms. The molecule has 0 unspecified atom stereocenters. The van der Waals surface area contributed by atoms with Crippen LogP contribution in [0.15, 0.2) is 231 Å². The van der Waals surface area contributed by atoms with Gasteiger partial charge in [0.1, 0.15) is 11.5 Å². The summed E-state index contributed by atoms with van der Waals surface area (Å²) in [7, 11) is 0. The summed E-state index contributed by atoms with van der Waals surface area (Å²) in [5, 5.41) is 2.36. The molecule has 0 saturated carbocycles. The number of pyridine rings is 1. The van der Waals surface area contributed by atoms with Crippen molar-refractivity contribution in [3.63, 3.8) is 0 Å². The fourth-order valence-electron chi connectivity index (χ4n) is 9.18. The minimum atomic E-state index is 0.900. The zero-order valence-corrected chi connectivity index (χ0v) is 33.7. The summed E-state index contributed by atoms with van der Waals surface area (Å²) in [5.74, 6) is 0.916. The molecule has 0 fully saturated rings. The second-order valence-electron chi connectivity index (χ2n) is 15.8. The number of rotatable bonds is 7. The van der Waals surface area contributed by atoms with Crippen LogP contribution in [-0.4, -0.2) is 18.9 Å². The molecule has 62 heavy (non-hydrogen) atoms. The van der Waals surface area contributed by atoms with Crippen LogP contribution in [0.25, 0.3) is 111 Å². The first-order valence-corrected chi connectivity index (χ1v) is 21.1. The Morgan fingerprint density at radius 3 is 1.40 bits per heavy atom. The van der Waals surface area contributed by atoms with E-state index in [1.165, 1.54) is 38.6 Å². The van der Waals surface area contributed by atoms with E-state index in [1.807, 2.05) is 6.07 Å². The van der Waals surface area contributed by atoms with Gasteiger partial charge < -0.3 is 0 Å². The van der Waals surface area contributed by atoms with E-state index in [1.54, 1.807) is 0 Å². The third kappa shape index (κ3) is 6.00. The van der Waals surface area contributed by atoms with E-state index in [4.69, 9.17) is 9.97 Å². The summed E-state index contributed by atoms with van der Waals surface area (Å²) in [6, 6.07) is 79.9. The second-order valence-corrected chi connectivity index (χ2v) is 15.8. The van der Waals surface area contributed by atoms with Crippen molar-refractivity contribution in [3.8, 4) is 72.7 Å². The first-order chi connectivity index (χ1) is 30.7. The van der Waals surface area contributed by atoms with E-state index in [0.717, 1.165) is 72.6 Å². The highest BCUT2D eigenvalue weighted by Crippen LogP contribution is 2.45. The summed E-state index contributed by atoms with van der Waals surface area (Å²) in [6.07, 6.45) is 2.26. The second kappa shape index (κ2) is 14.7. The maximum absolute atomic E-state index is 5.47. The Balaban J connectivity index is 1.04. The molecule has 0 N–H and O–H groups in total. The number of aromatic nitrogens is 4. The Hall–Kier alpha value is -8.34. The van der Waals surface area contributed by atoms with E-state index >= 15 is 0 Å². The third-order valence-electron chi connectivity index (χ3n) is 12.2. The highest BCUT2D eigenvalue weighted by atomic mass is 15.1. The molecule has 9 aromatic carbocycles. The molecule has 0 spiro atoms. The van der Waals surface area contributed by atoms with Crippen LogP contribution < -0.4 is 0 Å². The van der Waals surface area contributed by atoms with Crippen LogP contribution in [0.2, 0.25) is 0 Å². The number of hydrogen-bond acceptors (Lipinski definition) is 2. The van der Waals surface area contributed by atoms with Crippen molar-refractivity contribution in [1.29, 1.82) is 0 Å². The quantitative estimate of drug-likeness (QED) is 0.161. The van der Waals surface area contributed by atoms with Crippen LogP contribution in [0.5, 0.6) is 0 Å². The average molecular weight is 791 g/mol. The molecule has 3 aromatic heterocycles. The molecule has 0 saturated heterocycles. The van der Waals surface area contributed by atoms with Gasteiger partial charge in [-0.15, -0.1) is 0 Å². The van der Waals surface area contributed by atoms with E-state index in [-0.39, 0.29) is 0 Å². The smallest absolute Gasteiger partial charge is 0.145 e. The Bertz CT molecular complexity index is 3570. The van der Waals surface area contributed by atoms with Gasteiger partial charge in [-0.2, -0.15) is 0 Å². The lowest BCUT2D eigenvalue weighted by Crippen LogP contribution is -1.97. The van der Waals surface area contributed by atoms with Crippen molar-refractivity contribution < 1.29 is 0 Å². The standard InChI is InChI=1S/C58H38N4/c1-4-14-39(15-5-1)41-24-30-44(31-25-41)54-49-20-10-11-21-50(49)55(45-32-26-42(27-33-45)40-16-6-2-7-17-40)57-56(54)60-53-37-36-47(38-61(53)57)43-28-34-46(35-29-43)58-59-51-22-12-13-23-52(51)62(58)48-18-8-3-9-19-48/h1-38H. The van der Waals surface area contributed by atoms with E-state index < -0.39 is 0 Å². The van der Waals surface area contributed by atoms with E-state index in [9.17, 15) is 0 Å². The normalized spacial score (nSPS) is 11.5. The van der Waals surface area contributed by atoms with Crippen LogP contribution in [0.3, 0.4) is 0 Å². The molecule has 0 aliphatic heterocycles. The number of benzene rings is 9.